The van der Waals surface area contributed by atoms with Crippen LogP contribution in [-0.2, 0) is 0 Å². The average molecular weight is 152 g/mol. The Kier molecular flexibility index (Phi) is 6.73. The fourth-order valence-corrected chi connectivity index (χ4v) is 0.272. The Morgan fingerprint density at radius 1 is 1.89 bits per heavy atom. The molecule has 0 aliphatic rings. The van der Waals surface area contributed by atoms with E-state index in [1.54, 1.807) is 0 Å². The van der Waals surface area contributed by atoms with Gasteiger partial charge in [0.25, 0.3) is 0 Å². The molecule has 9 heavy (non-hydrogen) atoms. The molecular formula is C5H10ClNO2. The van der Waals surface area contributed by atoms with Crippen molar-refractivity contribution in [1.82, 2.24) is 4.90 Å². The fourth-order valence-electron chi connectivity index (χ4n) is 0.272. The minimum absolute atomic E-state index is 0. The Balaban J connectivity index is 0. The predicted molar refractivity (Wildman–Crippen MR) is 38.1 cm³/mol. The first-order valence-corrected chi connectivity index (χ1v) is 2.23. The third-order valence-corrected chi connectivity index (χ3v) is 0.730. The van der Waals surface area contributed by atoms with Crippen molar-refractivity contribution in [2.45, 2.75) is 0 Å². The second-order valence-corrected chi connectivity index (χ2v) is 1.45. The summed E-state index contributed by atoms with van der Waals surface area (Å²) in [6, 6.07) is 0. The molecule has 0 spiro atoms. The highest BCUT2D eigenvalue weighted by molar-refractivity contribution is 5.85. The molecular weight excluding hydrogens is 142 g/mol. The molecule has 0 fully saturated rings. The lowest BCUT2D eigenvalue weighted by Crippen LogP contribution is -2.24. The first kappa shape index (κ1) is 11.1. The van der Waals surface area contributed by atoms with Crippen LogP contribution in [0.3, 0.4) is 0 Å². The van der Waals surface area contributed by atoms with Crippen molar-refractivity contribution in [2.75, 3.05) is 13.6 Å². The maximum atomic E-state index is 9.97. The first-order valence-electron chi connectivity index (χ1n) is 2.23. The minimum Gasteiger partial charge on any atom is -0.465 e. The van der Waals surface area contributed by atoms with E-state index in [-0.39, 0.29) is 12.4 Å². The summed E-state index contributed by atoms with van der Waals surface area (Å²) < 4.78 is 0. The van der Waals surface area contributed by atoms with Crippen LogP contribution in [0.2, 0.25) is 0 Å². The van der Waals surface area contributed by atoms with E-state index in [1.807, 2.05) is 0 Å². The van der Waals surface area contributed by atoms with Crippen LogP contribution in [0.5, 0.6) is 0 Å². The molecule has 4 heteroatoms. The Morgan fingerprint density at radius 3 is 2.44 bits per heavy atom. The zero-order valence-corrected chi connectivity index (χ0v) is 6.02. The van der Waals surface area contributed by atoms with Gasteiger partial charge in [0.2, 0.25) is 0 Å². The van der Waals surface area contributed by atoms with Crippen molar-refractivity contribution in [2.24, 2.45) is 0 Å². The van der Waals surface area contributed by atoms with Gasteiger partial charge in [-0.3, -0.25) is 0 Å². The van der Waals surface area contributed by atoms with Gasteiger partial charge in [0.05, 0.1) is 0 Å². The van der Waals surface area contributed by atoms with Crippen molar-refractivity contribution >= 4 is 18.5 Å². The zero-order valence-electron chi connectivity index (χ0n) is 5.20. The minimum atomic E-state index is -0.926. The molecule has 0 saturated heterocycles. The largest absolute Gasteiger partial charge is 0.465 e. The molecule has 0 bridgehead atoms. The van der Waals surface area contributed by atoms with Crippen LogP contribution in [0, 0.1) is 0 Å². The molecule has 54 valence electrons. The maximum Gasteiger partial charge on any atom is 0.407 e. The summed E-state index contributed by atoms with van der Waals surface area (Å²) in [7, 11) is 1.49. The van der Waals surface area contributed by atoms with Gasteiger partial charge in [0, 0.05) is 13.6 Å². The third-order valence-electron chi connectivity index (χ3n) is 0.730. The molecule has 1 N–H and O–H groups in total. The molecule has 0 atom stereocenters. The topological polar surface area (TPSA) is 40.5 Å². The highest BCUT2D eigenvalue weighted by atomic mass is 35.5. The van der Waals surface area contributed by atoms with Gasteiger partial charge in [0.15, 0.2) is 0 Å². The SMILES string of the molecule is C=CCN(C)C(=O)O.Cl. The molecule has 1 amide bonds. The molecule has 0 unspecified atom stereocenters. The van der Waals surface area contributed by atoms with Gasteiger partial charge in [-0.05, 0) is 0 Å². The highest BCUT2D eigenvalue weighted by Crippen LogP contribution is 1.80. The van der Waals surface area contributed by atoms with Gasteiger partial charge >= 0.3 is 6.09 Å². The number of halogens is 1. The zero-order chi connectivity index (χ0) is 6.57. The number of amides is 1. The van der Waals surface area contributed by atoms with E-state index in [4.69, 9.17) is 5.11 Å². The van der Waals surface area contributed by atoms with E-state index in [2.05, 4.69) is 6.58 Å². The summed E-state index contributed by atoms with van der Waals surface area (Å²) in [6.45, 7) is 3.76. The summed E-state index contributed by atoms with van der Waals surface area (Å²) in [5.41, 5.74) is 0. The molecule has 0 rings (SSSR count). The summed E-state index contributed by atoms with van der Waals surface area (Å²) in [6.07, 6.45) is 0.610. The second-order valence-electron chi connectivity index (χ2n) is 1.45. The molecule has 0 heterocycles. The summed E-state index contributed by atoms with van der Waals surface area (Å²) in [5, 5.41) is 8.19. The number of carboxylic acid groups (broad SMARTS) is 1. The van der Waals surface area contributed by atoms with E-state index in [0.29, 0.717) is 6.54 Å². The van der Waals surface area contributed by atoms with Gasteiger partial charge in [-0.15, -0.1) is 19.0 Å². The van der Waals surface area contributed by atoms with Gasteiger partial charge in [-0.1, -0.05) is 6.08 Å². The molecule has 0 aliphatic carbocycles. The Hall–Kier alpha value is -0.700. The molecule has 3 nitrogen and oxygen atoms in total. The van der Waals surface area contributed by atoms with Crippen molar-refractivity contribution in [1.29, 1.82) is 0 Å². The van der Waals surface area contributed by atoms with E-state index >= 15 is 0 Å². The van der Waals surface area contributed by atoms with Gasteiger partial charge in [-0.2, -0.15) is 0 Å². The number of hydrogen-bond acceptors (Lipinski definition) is 1. The normalized spacial score (nSPS) is 7.22. The van der Waals surface area contributed by atoms with Crippen molar-refractivity contribution in [3.8, 4) is 0 Å². The molecule has 0 aromatic carbocycles. The fraction of sp³-hybridized carbons (Fsp3) is 0.400. The Labute approximate surface area is 60.4 Å². The quantitative estimate of drug-likeness (QED) is 0.603. The first-order chi connectivity index (χ1) is 3.68. The third kappa shape index (κ3) is 5.17. The number of likely N-dealkylation sites (N-methyl/N-ethyl adjacent to an activating group) is 1. The Morgan fingerprint density at radius 2 is 2.33 bits per heavy atom. The number of rotatable bonds is 2. The van der Waals surface area contributed by atoms with E-state index in [9.17, 15) is 4.79 Å². The standard InChI is InChI=1S/C5H9NO2.ClH/c1-3-4-6(2)5(7)8;/h3H,1,4H2,2H3,(H,7,8);1H. The van der Waals surface area contributed by atoms with Crippen molar-refractivity contribution < 1.29 is 9.90 Å². The monoisotopic (exact) mass is 151 g/mol. The van der Waals surface area contributed by atoms with Crippen LogP contribution in [0.25, 0.3) is 0 Å². The molecule has 0 saturated carbocycles. The lowest BCUT2D eigenvalue weighted by molar-refractivity contribution is 0.160. The van der Waals surface area contributed by atoms with Crippen LogP contribution < -0.4 is 0 Å². The predicted octanol–water partition coefficient (Wildman–Crippen LogP) is 1.20. The van der Waals surface area contributed by atoms with Crippen LogP contribution in [0.4, 0.5) is 4.79 Å². The highest BCUT2D eigenvalue weighted by Gasteiger charge is 1.99. The van der Waals surface area contributed by atoms with E-state index in [1.165, 1.54) is 13.1 Å². The van der Waals surface area contributed by atoms with Crippen LogP contribution in [0.1, 0.15) is 0 Å². The number of nitrogens with zero attached hydrogens (tertiary/aromatic N) is 1. The lowest BCUT2D eigenvalue weighted by Gasteiger charge is -2.07. The van der Waals surface area contributed by atoms with Crippen molar-refractivity contribution in [3.05, 3.63) is 12.7 Å². The van der Waals surface area contributed by atoms with Crippen molar-refractivity contribution in [3.63, 3.8) is 0 Å². The summed E-state index contributed by atoms with van der Waals surface area (Å²) in [5.74, 6) is 0. The van der Waals surface area contributed by atoms with Gasteiger partial charge < -0.3 is 10.0 Å². The van der Waals surface area contributed by atoms with E-state index < -0.39 is 6.09 Å². The molecule has 0 aromatic heterocycles. The van der Waals surface area contributed by atoms with Gasteiger partial charge in [-0.25, -0.2) is 4.79 Å². The average Bonchev–Trinajstić information content (AvgIpc) is 1.67. The second kappa shape index (κ2) is 5.44. The molecule has 0 radical (unpaired) electrons. The van der Waals surface area contributed by atoms with Crippen LogP contribution >= 0.6 is 12.4 Å². The molecule has 0 aliphatic heterocycles. The van der Waals surface area contributed by atoms with Gasteiger partial charge in [0.1, 0.15) is 0 Å². The smallest absolute Gasteiger partial charge is 0.407 e. The Bertz CT molecular complexity index is 105. The van der Waals surface area contributed by atoms with E-state index in [0.717, 1.165) is 4.90 Å². The number of hydrogen-bond donors (Lipinski definition) is 1. The maximum absolute atomic E-state index is 9.97. The van der Waals surface area contributed by atoms with Crippen LogP contribution in [0.15, 0.2) is 12.7 Å². The lowest BCUT2D eigenvalue weighted by atomic mass is 10.6. The molecule has 0 aromatic rings. The van der Waals surface area contributed by atoms with Crippen LogP contribution in [-0.4, -0.2) is 29.7 Å². The summed E-state index contributed by atoms with van der Waals surface area (Å²) >= 11 is 0. The number of carbonyl (C=O) groups is 1. The summed E-state index contributed by atoms with van der Waals surface area (Å²) in [4.78, 5) is 11.1.